The lowest BCUT2D eigenvalue weighted by Crippen LogP contribution is -2.09. The molecule has 6 heteroatoms. The molecule has 2 unspecified atom stereocenters. The maximum atomic E-state index is 10.8. The molecule has 1 saturated carbocycles. The van der Waals surface area contributed by atoms with E-state index in [0.717, 1.165) is 24.9 Å². The van der Waals surface area contributed by atoms with Crippen molar-refractivity contribution >= 4 is 11.9 Å². The van der Waals surface area contributed by atoms with Crippen LogP contribution in [0.4, 0.5) is 5.95 Å². The number of carbonyl (C=O) groups is 1. The Morgan fingerprint density at radius 3 is 2.81 bits per heavy atom. The van der Waals surface area contributed by atoms with Gasteiger partial charge in [-0.15, -0.1) is 10.2 Å². The third-order valence-corrected chi connectivity index (χ3v) is 2.87. The molecule has 16 heavy (non-hydrogen) atoms. The van der Waals surface area contributed by atoms with Crippen LogP contribution >= 0.6 is 0 Å². The van der Waals surface area contributed by atoms with Crippen LogP contribution in [0.1, 0.15) is 32.0 Å². The van der Waals surface area contributed by atoms with Crippen molar-refractivity contribution in [3.63, 3.8) is 0 Å². The van der Waals surface area contributed by atoms with Crippen LogP contribution in [0.15, 0.2) is 0 Å². The number of aliphatic carboxylic acids is 1. The monoisotopic (exact) mass is 224 g/mol. The predicted molar refractivity (Wildman–Crippen MR) is 58.3 cm³/mol. The topological polar surface area (TPSA) is 80.0 Å². The molecule has 1 fully saturated rings. The van der Waals surface area contributed by atoms with Crippen molar-refractivity contribution in [2.75, 3.05) is 11.9 Å². The molecule has 0 saturated heterocycles. The summed E-state index contributed by atoms with van der Waals surface area (Å²) in [5, 5.41) is 20.1. The molecule has 0 aliphatic heterocycles. The maximum absolute atomic E-state index is 10.8. The standard InChI is InChI=1S/C10H16N4O2/c1-3-11-10-13-12-8(14(10)4-2)6-5-7(6)9(15)16/h6-7H,3-5H2,1-2H3,(H,11,13)(H,15,16). The molecular weight excluding hydrogens is 208 g/mol. The van der Waals surface area contributed by atoms with Gasteiger partial charge in [-0.25, -0.2) is 0 Å². The van der Waals surface area contributed by atoms with E-state index >= 15 is 0 Å². The highest BCUT2D eigenvalue weighted by molar-refractivity contribution is 5.74. The van der Waals surface area contributed by atoms with E-state index in [1.165, 1.54) is 0 Å². The van der Waals surface area contributed by atoms with Gasteiger partial charge in [-0.2, -0.15) is 0 Å². The molecule has 2 atom stereocenters. The van der Waals surface area contributed by atoms with E-state index in [1.807, 2.05) is 18.4 Å². The fourth-order valence-corrected chi connectivity index (χ4v) is 1.94. The maximum Gasteiger partial charge on any atom is 0.307 e. The Morgan fingerprint density at radius 1 is 1.56 bits per heavy atom. The third kappa shape index (κ3) is 1.75. The van der Waals surface area contributed by atoms with E-state index in [1.54, 1.807) is 0 Å². The summed E-state index contributed by atoms with van der Waals surface area (Å²) >= 11 is 0. The second kappa shape index (κ2) is 4.11. The zero-order valence-electron chi connectivity index (χ0n) is 9.47. The van der Waals surface area contributed by atoms with Gasteiger partial charge in [0, 0.05) is 19.0 Å². The van der Waals surface area contributed by atoms with Gasteiger partial charge in [-0.1, -0.05) is 0 Å². The largest absolute Gasteiger partial charge is 0.481 e. The molecule has 1 aromatic heterocycles. The average Bonchev–Trinajstić information content (AvgIpc) is 2.95. The third-order valence-electron chi connectivity index (χ3n) is 2.87. The summed E-state index contributed by atoms with van der Waals surface area (Å²) in [7, 11) is 0. The molecule has 1 aromatic rings. The highest BCUT2D eigenvalue weighted by Crippen LogP contribution is 2.47. The van der Waals surface area contributed by atoms with Crippen molar-refractivity contribution < 1.29 is 9.90 Å². The number of carboxylic acids is 1. The highest BCUT2D eigenvalue weighted by Gasteiger charge is 2.47. The SMILES string of the molecule is CCNc1nnc(C2CC2C(=O)O)n1CC. The number of carboxylic acid groups (broad SMARTS) is 1. The Kier molecular flexibility index (Phi) is 2.80. The Hall–Kier alpha value is -1.59. The van der Waals surface area contributed by atoms with Crippen LogP contribution in [0.25, 0.3) is 0 Å². The Balaban J connectivity index is 2.19. The number of nitrogens with one attached hydrogen (secondary N) is 1. The second-order valence-corrected chi connectivity index (χ2v) is 3.94. The van der Waals surface area contributed by atoms with Crippen LogP contribution in [0.2, 0.25) is 0 Å². The summed E-state index contributed by atoms with van der Waals surface area (Å²) in [4.78, 5) is 10.8. The van der Waals surface area contributed by atoms with Crippen LogP contribution < -0.4 is 5.32 Å². The molecule has 2 rings (SSSR count). The summed E-state index contributed by atoms with van der Waals surface area (Å²) < 4.78 is 1.96. The number of aromatic nitrogens is 3. The minimum Gasteiger partial charge on any atom is -0.481 e. The first-order chi connectivity index (χ1) is 7.69. The van der Waals surface area contributed by atoms with E-state index < -0.39 is 5.97 Å². The van der Waals surface area contributed by atoms with Gasteiger partial charge < -0.3 is 10.4 Å². The van der Waals surface area contributed by atoms with Crippen molar-refractivity contribution in [2.45, 2.75) is 32.7 Å². The molecule has 0 amide bonds. The van der Waals surface area contributed by atoms with Crippen LogP contribution in [0.3, 0.4) is 0 Å². The summed E-state index contributed by atoms with van der Waals surface area (Å²) in [6.45, 7) is 5.54. The molecule has 1 aliphatic carbocycles. The predicted octanol–water partition coefficient (Wildman–Crippen LogP) is 0.918. The van der Waals surface area contributed by atoms with Gasteiger partial charge in [0.2, 0.25) is 5.95 Å². The molecular formula is C10H16N4O2. The number of hydrogen-bond donors (Lipinski definition) is 2. The Morgan fingerprint density at radius 2 is 2.31 bits per heavy atom. The van der Waals surface area contributed by atoms with E-state index in [-0.39, 0.29) is 11.8 Å². The quantitative estimate of drug-likeness (QED) is 0.777. The summed E-state index contributed by atoms with van der Waals surface area (Å²) in [6, 6.07) is 0. The zero-order valence-corrected chi connectivity index (χ0v) is 9.47. The second-order valence-electron chi connectivity index (χ2n) is 3.94. The number of nitrogens with zero attached hydrogens (tertiary/aromatic N) is 3. The molecule has 6 nitrogen and oxygen atoms in total. The first-order valence-corrected chi connectivity index (χ1v) is 5.58. The minimum absolute atomic E-state index is 0.0392. The van der Waals surface area contributed by atoms with Crippen molar-refractivity contribution in [3.05, 3.63) is 5.82 Å². The lowest BCUT2D eigenvalue weighted by Gasteiger charge is -2.07. The van der Waals surface area contributed by atoms with Gasteiger partial charge in [0.1, 0.15) is 5.82 Å². The van der Waals surface area contributed by atoms with Crippen LogP contribution in [-0.4, -0.2) is 32.4 Å². The summed E-state index contributed by atoms with van der Waals surface area (Å²) in [6.07, 6.45) is 0.680. The van der Waals surface area contributed by atoms with E-state index in [0.29, 0.717) is 6.42 Å². The molecule has 1 heterocycles. The molecule has 0 spiro atoms. The minimum atomic E-state index is -0.736. The van der Waals surface area contributed by atoms with Gasteiger partial charge in [0.05, 0.1) is 5.92 Å². The summed E-state index contributed by atoms with van der Waals surface area (Å²) in [5.41, 5.74) is 0. The Bertz CT molecular complexity index is 402. The van der Waals surface area contributed by atoms with Crippen LogP contribution in [0.5, 0.6) is 0 Å². The van der Waals surface area contributed by atoms with Crippen molar-refractivity contribution in [3.8, 4) is 0 Å². The number of hydrogen-bond acceptors (Lipinski definition) is 4. The van der Waals surface area contributed by atoms with E-state index in [4.69, 9.17) is 5.11 Å². The molecule has 0 bridgehead atoms. The average molecular weight is 224 g/mol. The molecule has 2 N–H and O–H groups in total. The van der Waals surface area contributed by atoms with Crippen LogP contribution in [0, 0.1) is 5.92 Å². The smallest absolute Gasteiger partial charge is 0.307 e. The normalized spacial score (nSPS) is 23.1. The lowest BCUT2D eigenvalue weighted by atomic mass is 10.3. The van der Waals surface area contributed by atoms with Gasteiger partial charge in [-0.3, -0.25) is 9.36 Å². The van der Waals surface area contributed by atoms with Crippen molar-refractivity contribution in [1.82, 2.24) is 14.8 Å². The van der Waals surface area contributed by atoms with Gasteiger partial charge in [0.15, 0.2) is 0 Å². The Labute approximate surface area is 93.7 Å². The van der Waals surface area contributed by atoms with Crippen molar-refractivity contribution in [1.29, 1.82) is 0 Å². The molecule has 0 aromatic carbocycles. The van der Waals surface area contributed by atoms with E-state index in [2.05, 4.69) is 15.5 Å². The first-order valence-electron chi connectivity index (χ1n) is 5.58. The zero-order chi connectivity index (χ0) is 11.7. The lowest BCUT2D eigenvalue weighted by molar-refractivity contribution is -0.138. The van der Waals surface area contributed by atoms with Gasteiger partial charge in [-0.05, 0) is 20.3 Å². The number of anilines is 1. The summed E-state index contributed by atoms with van der Waals surface area (Å²) in [5.74, 6) is 0.559. The fourth-order valence-electron chi connectivity index (χ4n) is 1.94. The van der Waals surface area contributed by atoms with Gasteiger partial charge in [0.25, 0.3) is 0 Å². The highest BCUT2D eigenvalue weighted by atomic mass is 16.4. The van der Waals surface area contributed by atoms with Crippen molar-refractivity contribution in [2.24, 2.45) is 5.92 Å². The molecule has 0 radical (unpaired) electrons. The molecule has 88 valence electrons. The van der Waals surface area contributed by atoms with Gasteiger partial charge >= 0.3 is 5.97 Å². The van der Waals surface area contributed by atoms with E-state index in [9.17, 15) is 4.79 Å². The number of rotatable bonds is 5. The molecule has 1 aliphatic rings. The first kappa shape index (κ1) is 10.9. The fraction of sp³-hybridized carbons (Fsp3) is 0.700. The van der Waals surface area contributed by atoms with Crippen LogP contribution in [-0.2, 0) is 11.3 Å².